The number of halogens is 1. The fraction of sp³-hybridized carbons (Fsp3) is 0.615. The van der Waals surface area contributed by atoms with Gasteiger partial charge in [0.15, 0.2) is 5.78 Å². The number of ether oxygens (including phenoxy) is 1. The summed E-state index contributed by atoms with van der Waals surface area (Å²) in [5, 5.41) is 2.58. The molecule has 1 aliphatic heterocycles. The number of thiophene rings is 1. The van der Waals surface area contributed by atoms with Crippen LogP contribution in [-0.2, 0) is 4.74 Å². The summed E-state index contributed by atoms with van der Waals surface area (Å²) in [5.41, 5.74) is 0.999. The Kier molecular flexibility index (Phi) is 4.60. The Morgan fingerprint density at radius 2 is 2.47 bits per heavy atom. The van der Waals surface area contributed by atoms with Crippen molar-refractivity contribution in [3.05, 3.63) is 20.8 Å². The predicted octanol–water partition coefficient (Wildman–Crippen LogP) is 4.24. The molecule has 1 unspecified atom stereocenters. The molecule has 0 amide bonds. The van der Waals surface area contributed by atoms with Crippen LogP contribution in [-0.4, -0.2) is 18.5 Å². The number of carbonyl (C=O) groups is 1. The number of Topliss-reactive ketones (excluding diaryl/α,β-unsaturated/α-hetero) is 1. The average Bonchev–Trinajstić information content (AvgIpc) is 2.91. The molecule has 0 saturated carbocycles. The molecule has 94 valence electrons. The van der Waals surface area contributed by atoms with E-state index < -0.39 is 0 Å². The van der Waals surface area contributed by atoms with Gasteiger partial charge in [-0.1, -0.05) is 11.6 Å². The van der Waals surface area contributed by atoms with Gasteiger partial charge in [0.25, 0.3) is 0 Å². The van der Waals surface area contributed by atoms with Gasteiger partial charge in [-0.2, -0.15) is 0 Å². The van der Waals surface area contributed by atoms with Gasteiger partial charge in [0.1, 0.15) is 0 Å². The third-order valence-electron chi connectivity index (χ3n) is 3.11. The lowest BCUT2D eigenvalue weighted by molar-refractivity contribution is 0.0925. The van der Waals surface area contributed by atoms with Gasteiger partial charge >= 0.3 is 0 Å². The molecule has 1 fully saturated rings. The van der Waals surface area contributed by atoms with Crippen molar-refractivity contribution < 1.29 is 9.53 Å². The predicted molar refractivity (Wildman–Crippen MR) is 71.2 cm³/mol. The molecule has 0 aliphatic carbocycles. The van der Waals surface area contributed by atoms with E-state index in [1.54, 1.807) is 0 Å². The normalized spacial score (nSPS) is 19.8. The molecule has 1 aromatic rings. The minimum Gasteiger partial charge on any atom is -0.378 e. The molecule has 1 saturated heterocycles. The van der Waals surface area contributed by atoms with Crippen LogP contribution in [0, 0.1) is 6.92 Å². The second-order valence-electron chi connectivity index (χ2n) is 4.51. The lowest BCUT2D eigenvalue weighted by atomic mass is 10.1. The molecule has 0 radical (unpaired) electrons. The SMILES string of the molecule is Cc1csc(C(=O)CCCC2CCCO2)c1Cl. The molecule has 0 bridgehead atoms. The van der Waals surface area contributed by atoms with Crippen molar-refractivity contribution in [1.29, 1.82) is 0 Å². The van der Waals surface area contributed by atoms with Crippen molar-refractivity contribution in [3.63, 3.8) is 0 Å². The Morgan fingerprint density at radius 1 is 1.65 bits per heavy atom. The summed E-state index contributed by atoms with van der Waals surface area (Å²) < 4.78 is 5.53. The molecule has 1 atom stereocenters. The molecule has 1 aromatic heterocycles. The Hall–Kier alpha value is -0.380. The van der Waals surface area contributed by atoms with E-state index in [-0.39, 0.29) is 5.78 Å². The Labute approximate surface area is 111 Å². The maximum atomic E-state index is 11.9. The molecule has 0 aromatic carbocycles. The van der Waals surface area contributed by atoms with Crippen molar-refractivity contribution in [1.82, 2.24) is 0 Å². The van der Waals surface area contributed by atoms with Crippen LogP contribution >= 0.6 is 22.9 Å². The van der Waals surface area contributed by atoms with Gasteiger partial charge in [-0.05, 0) is 43.6 Å². The van der Waals surface area contributed by atoms with E-state index in [4.69, 9.17) is 16.3 Å². The minimum atomic E-state index is 0.172. The van der Waals surface area contributed by atoms with Gasteiger partial charge in [-0.25, -0.2) is 0 Å². The van der Waals surface area contributed by atoms with Gasteiger partial charge in [-0.3, -0.25) is 4.79 Å². The number of carbonyl (C=O) groups excluding carboxylic acids is 1. The van der Waals surface area contributed by atoms with Gasteiger partial charge in [0.05, 0.1) is 16.0 Å². The second-order valence-corrected chi connectivity index (χ2v) is 5.77. The first-order chi connectivity index (χ1) is 8.18. The van der Waals surface area contributed by atoms with Gasteiger partial charge in [0.2, 0.25) is 0 Å². The van der Waals surface area contributed by atoms with Crippen LogP contribution in [0.4, 0.5) is 0 Å². The van der Waals surface area contributed by atoms with Gasteiger partial charge in [0, 0.05) is 13.0 Å². The second kappa shape index (κ2) is 5.98. The van der Waals surface area contributed by atoms with Crippen LogP contribution in [0.3, 0.4) is 0 Å². The lowest BCUT2D eigenvalue weighted by Gasteiger charge is -2.07. The van der Waals surface area contributed by atoms with E-state index >= 15 is 0 Å². The van der Waals surface area contributed by atoms with Crippen LogP contribution in [0.2, 0.25) is 5.02 Å². The van der Waals surface area contributed by atoms with E-state index in [0.717, 1.165) is 42.7 Å². The quantitative estimate of drug-likeness (QED) is 0.750. The molecular weight excluding hydrogens is 256 g/mol. The topological polar surface area (TPSA) is 26.3 Å². The van der Waals surface area contributed by atoms with Crippen molar-refractivity contribution in [2.24, 2.45) is 0 Å². The van der Waals surface area contributed by atoms with Crippen LogP contribution in [0.25, 0.3) is 0 Å². The largest absolute Gasteiger partial charge is 0.378 e. The highest BCUT2D eigenvalue weighted by Crippen LogP contribution is 2.29. The number of hydrogen-bond acceptors (Lipinski definition) is 3. The summed E-state index contributed by atoms with van der Waals surface area (Å²) in [5.74, 6) is 0.172. The number of aryl methyl sites for hydroxylation is 1. The van der Waals surface area contributed by atoms with E-state index in [2.05, 4.69) is 0 Å². The van der Waals surface area contributed by atoms with Crippen LogP contribution < -0.4 is 0 Å². The minimum absolute atomic E-state index is 0.172. The van der Waals surface area contributed by atoms with Crippen molar-refractivity contribution in [2.45, 2.75) is 45.1 Å². The lowest BCUT2D eigenvalue weighted by Crippen LogP contribution is -2.06. The Morgan fingerprint density at radius 3 is 3.06 bits per heavy atom. The van der Waals surface area contributed by atoms with Crippen molar-refractivity contribution in [3.8, 4) is 0 Å². The van der Waals surface area contributed by atoms with E-state index in [1.807, 2.05) is 12.3 Å². The molecular formula is C13H17ClO2S. The Bertz CT molecular complexity index is 394. The zero-order chi connectivity index (χ0) is 12.3. The average molecular weight is 273 g/mol. The smallest absolute Gasteiger partial charge is 0.174 e. The van der Waals surface area contributed by atoms with Gasteiger partial charge < -0.3 is 4.74 Å². The fourth-order valence-corrected chi connectivity index (χ4v) is 3.36. The summed E-state index contributed by atoms with van der Waals surface area (Å²) in [6.45, 7) is 2.82. The molecule has 0 spiro atoms. The number of ketones is 1. The molecule has 2 nitrogen and oxygen atoms in total. The zero-order valence-corrected chi connectivity index (χ0v) is 11.6. The van der Waals surface area contributed by atoms with Gasteiger partial charge in [-0.15, -0.1) is 11.3 Å². The third-order valence-corrected chi connectivity index (χ3v) is 4.84. The maximum absolute atomic E-state index is 11.9. The first-order valence-electron chi connectivity index (χ1n) is 6.07. The highest BCUT2D eigenvalue weighted by molar-refractivity contribution is 7.13. The van der Waals surface area contributed by atoms with Crippen LogP contribution in [0.5, 0.6) is 0 Å². The third kappa shape index (κ3) is 3.30. The molecule has 1 aliphatic rings. The van der Waals surface area contributed by atoms with Crippen LogP contribution in [0.1, 0.15) is 47.3 Å². The highest BCUT2D eigenvalue weighted by Gasteiger charge is 2.17. The number of rotatable bonds is 5. The highest BCUT2D eigenvalue weighted by atomic mass is 35.5. The molecule has 4 heteroatoms. The Balaban J connectivity index is 1.79. The van der Waals surface area contributed by atoms with Crippen LogP contribution in [0.15, 0.2) is 5.38 Å². The first kappa shape index (κ1) is 13.1. The summed E-state index contributed by atoms with van der Waals surface area (Å²) in [4.78, 5) is 12.7. The summed E-state index contributed by atoms with van der Waals surface area (Å²) in [7, 11) is 0. The van der Waals surface area contributed by atoms with Crippen molar-refractivity contribution >= 4 is 28.7 Å². The molecule has 0 N–H and O–H groups in total. The monoisotopic (exact) mass is 272 g/mol. The zero-order valence-electron chi connectivity index (χ0n) is 10.0. The maximum Gasteiger partial charge on any atom is 0.174 e. The van der Waals surface area contributed by atoms with E-state index in [0.29, 0.717) is 17.5 Å². The summed E-state index contributed by atoms with van der Waals surface area (Å²) in [6, 6.07) is 0. The van der Waals surface area contributed by atoms with Crippen molar-refractivity contribution in [2.75, 3.05) is 6.61 Å². The summed E-state index contributed by atoms with van der Waals surface area (Å²) >= 11 is 7.53. The fourth-order valence-electron chi connectivity index (χ4n) is 2.09. The summed E-state index contributed by atoms with van der Waals surface area (Å²) in [6.07, 6.45) is 5.16. The molecule has 2 rings (SSSR count). The first-order valence-corrected chi connectivity index (χ1v) is 7.32. The molecule has 2 heterocycles. The number of hydrogen-bond donors (Lipinski definition) is 0. The van der Waals surface area contributed by atoms with E-state index in [9.17, 15) is 4.79 Å². The van der Waals surface area contributed by atoms with E-state index in [1.165, 1.54) is 11.3 Å². The standard InChI is InChI=1S/C13H17ClO2S/c1-9-8-17-13(12(9)14)11(15)6-2-4-10-5-3-7-16-10/h8,10H,2-7H2,1H3. The molecule has 17 heavy (non-hydrogen) atoms.